The van der Waals surface area contributed by atoms with Crippen molar-refractivity contribution in [2.45, 2.75) is 26.1 Å². The molecule has 1 heterocycles. The number of carbonyl (C=O) groups excluding carboxylic acids is 2. The van der Waals surface area contributed by atoms with E-state index in [1.165, 1.54) is 0 Å². The number of amides is 1. The molecule has 1 saturated heterocycles. The van der Waals surface area contributed by atoms with Crippen LogP contribution in [0.4, 0.5) is 0 Å². The largest absolute Gasteiger partial charge is 0.445 e. The predicted octanol–water partition coefficient (Wildman–Crippen LogP) is 2.19. The van der Waals surface area contributed by atoms with Gasteiger partial charge in [0.25, 0.3) is 0 Å². The van der Waals surface area contributed by atoms with Crippen molar-refractivity contribution >= 4 is 23.5 Å². The van der Waals surface area contributed by atoms with E-state index in [1.807, 2.05) is 12.1 Å². The van der Waals surface area contributed by atoms with Gasteiger partial charge in [0.05, 0.1) is 6.08 Å². The highest BCUT2D eigenvalue weighted by atomic mass is 35.5. The maximum Gasteiger partial charge on any atom is 0.377 e. The van der Waals surface area contributed by atoms with Crippen LogP contribution in [-0.2, 0) is 25.5 Å². The van der Waals surface area contributed by atoms with Crippen molar-refractivity contribution in [3.63, 3.8) is 0 Å². The van der Waals surface area contributed by atoms with E-state index in [9.17, 15) is 9.59 Å². The first-order chi connectivity index (χ1) is 9.85. The van der Waals surface area contributed by atoms with Crippen LogP contribution in [0.1, 0.15) is 19.4 Å². The molecule has 1 aliphatic heterocycles. The second-order valence-electron chi connectivity index (χ2n) is 5.07. The highest BCUT2D eigenvalue weighted by molar-refractivity contribution is 6.30. The van der Waals surface area contributed by atoms with Crippen LogP contribution in [0.25, 0.3) is 0 Å². The maximum atomic E-state index is 11.7. The van der Waals surface area contributed by atoms with E-state index >= 15 is 0 Å². The van der Waals surface area contributed by atoms with Crippen LogP contribution in [0.2, 0.25) is 5.02 Å². The second-order valence-corrected chi connectivity index (χ2v) is 5.50. The van der Waals surface area contributed by atoms with Gasteiger partial charge in [-0.15, -0.1) is 0 Å². The molecule has 0 atom stereocenters. The zero-order chi connectivity index (χ0) is 15.5. The molecule has 21 heavy (non-hydrogen) atoms. The fourth-order valence-electron chi connectivity index (χ4n) is 1.84. The van der Waals surface area contributed by atoms with Gasteiger partial charge in [0.15, 0.2) is 0 Å². The normalized spacial score (nSPS) is 18.2. The lowest BCUT2D eigenvalue weighted by Gasteiger charge is -2.13. The molecule has 0 bridgehead atoms. The maximum absolute atomic E-state index is 11.7. The molecule has 5 nitrogen and oxygen atoms in total. The van der Waals surface area contributed by atoms with Gasteiger partial charge in [-0.2, -0.15) is 0 Å². The van der Waals surface area contributed by atoms with E-state index in [4.69, 9.17) is 21.1 Å². The van der Waals surface area contributed by atoms with Gasteiger partial charge in [0.1, 0.15) is 0 Å². The summed E-state index contributed by atoms with van der Waals surface area (Å²) >= 11 is 5.79. The standard InChI is InChI=1S/C15H16ClNO4/c1-15(2)20-12(14(19)21-15)9-13(18)17-8-7-10-3-5-11(16)6-4-10/h3-6,9H,7-8H2,1-2H3,(H,17,18). The van der Waals surface area contributed by atoms with E-state index in [0.717, 1.165) is 11.6 Å². The predicted molar refractivity (Wildman–Crippen MR) is 77.5 cm³/mol. The van der Waals surface area contributed by atoms with Crippen LogP contribution in [0.3, 0.4) is 0 Å². The quantitative estimate of drug-likeness (QED) is 0.684. The number of cyclic esters (lactones) is 1. The number of rotatable bonds is 4. The Labute approximate surface area is 127 Å². The zero-order valence-electron chi connectivity index (χ0n) is 11.8. The lowest BCUT2D eigenvalue weighted by Crippen LogP contribution is -2.24. The Bertz CT molecular complexity index is 578. The molecule has 1 N–H and O–H groups in total. The topological polar surface area (TPSA) is 64.6 Å². The van der Waals surface area contributed by atoms with Gasteiger partial charge in [0, 0.05) is 25.4 Å². The lowest BCUT2D eigenvalue weighted by atomic mass is 10.1. The van der Waals surface area contributed by atoms with E-state index in [0.29, 0.717) is 18.0 Å². The van der Waals surface area contributed by atoms with Gasteiger partial charge in [-0.25, -0.2) is 4.79 Å². The summed E-state index contributed by atoms with van der Waals surface area (Å²) in [7, 11) is 0. The summed E-state index contributed by atoms with van der Waals surface area (Å²) in [4.78, 5) is 23.1. The highest BCUT2D eigenvalue weighted by Gasteiger charge is 2.37. The number of nitrogens with one attached hydrogen (secondary N) is 1. The third kappa shape index (κ3) is 4.49. The Hall–Kier alpha value is -2.01. The summed E-state index contributed by atoms with van der Waals surface area (Å²) in [6.07, 6.45) is 1.78. The van der Waals surface area contributed by atoms with E-state index in [2.05, 4.69) is 5.32 Å². The van der Waals surface area contributed by atoms with Crippen molar-refractivity contribution in [1.29, 1.82) is 0 Å². The molecule has 0 radical (unpaired) electrons. The fourth-order valence-corrected chi connectivity index (χ4v) is 1.97. The molecule has 1 amide bonds. The first kappa shape index (κ1) is 15.4. The van der Waals surface area contributed by atoms with Crippen molar-refractivity contribution in [3.8, 4) is 0 Å². The summed E-state index contributed by atoms with van der Waals surface area (Å²) in [6.45, 7) is 3.65. The average Bonchev–Trinajstić information content (AvgIpc) is 2.64. The molecule has 112 valence electrons. The van der Waals surface area contributed by atoms with Gasteiger partial charge in [-0.1, -0.05) is 23.7 Å². The number of halogens is 1. The molecule has 0 unspecified atom stereocenters. The Morgan fingerprint density at radius 3 is 2.52 bits per heavy atom. The molecule has 0 aromatic heterocycles. The minimum atomic E-state index is -1.02. The van der Waals surface area contributed by atoms with Crippen molar-refractivity contribution < 1.29 is 19.1 Å². The van der Waals surface area contributed by atoms with Gasteiger partial charge in [-0.3, -0.25) is 4.79 Å². The summed E-state index contributed by atoms with van der Waals surface area (Å²) < 4.78 is 10.1. The van der Waals surface area contributed by atoms with Crippen LogP contribution >= 0.6 is 11.6 Å². The summed E-state index contributed by atoms with van der Waals surface area (Å²) in [5.74, 6) is -2.13. The third-order valence-corrected chi connectivity index (χ3v) is 3.04. The number of hydrogen-bond donors (Lipinski definition) is 1. The van der Waals surface area contributed by atoms with Crippen molar-refractivity contribution in [2.24, 2.45) is 0 Å². The minimum Gasteiger partial charge on any atom is -0.445 e. The summed E-state index contributed by atoms with van der Waals surface area (Å²) in [5.41, 5.74) is 1.06. The summed E-state index contributed by atoms with van der Waals surface area (Å²) in [5, 5.41) is 3.36. The zero-order valence-corrected chi connectivity index (χ0v) is 12.6. The molecular formula is C15H16ClNO4. The van der Waals surface area contributed by atoms with Crippen molar-refractivity contribution in [2.75, 3.05) is 6.54 Å². The molecule has 6 heteroatoms. The van der Waals surface area contributed by atoms with Crippen molar-refractivity contribution in [3.05, 3.63) is 46.7 Å². The van der Waals surface area contributed by atoms with Crippen LogP contribution < -0.4 is 5.32 Å². The van der Waals surface area contributed by atoms with Gasteiger partial charge < -0.3 is 14.8 Å². The smallest absolute Gasteiger partial charge is 0.377 e. The lowest BCUT2D eigenvalue weighted by molar-refractivity contribution is -0.159. The molecule has 1 aromatic carbocycles. The second kappa shape index (κ2) is 6.18. The third-order valence-electron chi connectivity index (χ3n) is 2.78. The Balaban J connectivity index is 1.83. The molecular weight excluding hydrogens is 294 g/mol. The first-order valence-electron chi connectivity index (χ1n) is 6.52. The number of ether oxygens (including phenoxy) is 2. The summed E-state index contributed by atoms with van der Waals surface area (Å²) in [6, 6.07) is 7.39. The Morgan fingerprint density at radius 2 is 1.95 bits per heavy atom. The molecule has 1 fully saturated rings. The number of carbonyl (C=O) groups is 2. The van der Waals surface area contributed by atoms with Crippen LogP contribution in [0.15, 0.2) is 36.1 Å². The van der Waals surface area contributed by atoms with Crippen molar-refractivity contribution in [1.82, 2.24) is 5.32 Å². The molecule has 0 saturated carbocycles. The average molecular weight is 310 g/mol. The first-order valence-corrected chi connectivity index (χ1v) is 6.90. The van der Waals surface area contributed by atoms with Crippen LogP contribution in [-0.4, -0.2) is 24.2 Å². The molecule has 1 aromatic rings. The highest BCUT2D eigenvalue weighted by Crippen LogP contribution is 2.25. The van der Waals surface area contributed by atoms with E-state index < -0.39 is 17.7 Å². The van der Waals surface area contributed by atoms with Crippen LogP contribution in [0, 0.1) is 0 Å². The Morgan fingerprint density at radius 1 is 1.29 bits per heavy atom. The van der Waals surface area contributed by atoms with Gasteiger partial charge >= 0.3 is 5.97 Å². The molecule has 0 spiro atoms. The van der Waals surface area contributed by atoms with Gasteiger partial charge in [-0.05, 0) is 24.1 Å². The number of hydrogen-bond acceptors (Lipinski definition) is 4. The SMILES string of the molecule is CC1(C)OC(=O)C(=CC(=O)NCCc2ccc(Cl)cc2)O1. The Kier molecular flexibility index (Phi) is 4.53. The molecule has 1 aliphatic rings. The molecule has 2 rings (SSSR count). The van der Waals surface area contributed by atoms with Crippen LogP contribution in [0.5, 0.6) is 0 Å². The minimum absolute atomic E-state index is 0.0796. The number of benzene rings is 1. The van der Waals surface area contributed by atoms with Gasteiger partial charge in [0.2, 0.25) is 17.5 Å². The molecule has 0 aliphatic carbocycles. The monoisotopic (exact) mass is 309 g/mol. The van der Waals surface area contributed by atoms with E-state index in [1.54, 1.807) is 26.0 Å². The fraction of sp³-hybridized carbons (Fsp3) is 0.333. The number of esters is 1. The van der Waals surface area contributed by atoms with E-state index in [-0.39, 0.29) is 5.76 Å².